The van der Waals surface area contributed by atoms with Gasteiger partial charge in [0.1, 0.15) is 5.70 Å². The second-order valence-corrected chi connectivity index (χ2v) is 6.59. The van der Waals surface area contributed by atoms with Crippen LogP contribution in [-0.4, -0.2) is 35.3 Å². The second kappa shape index (κ2) is 6.04. The number of hydrogen-bond donors (Lipinski definition) is 3. The smallest absolute Gasteiger partial charge is 0.276 e. The lowest BCUT2D eigenvalue weighted by Gasteiger charge is -2.23. The number of nitrogens with zero attached hydrogens (tertiary/aromatic N) is 2. The quantitative estimate of drug-likeness (QED) is 0.710. The van der Waals surface area contributed by atoms with Gasteiger partial charge in [0.15, 0.2) is 0 Å². The zero-order chi connectivity index (χ0) is 16.5. The van der Waals surface area contributed by atoms with Gasteiger partial charge in [0.05, 0.1) is 15.7 Å². The number of carbonyl (C=O) groups excluding carboxylic acids is 2. The van der Waals surface area contributed by atoms with Crippen LogP contribution in [0.2, 0.25) is 0 Å². The average Bonchev–Trinajstić information content (AvgIpc) is 3.16. The number of guanidine groups is 1. The van der Waals surface area contributed by atoms with Crippen LogP contribution in [0, 0.1) is 0 Å². The van der Waals surface area contributed by atoms with Gasteiger partial charge in [-0.25, -0.2) is 9.98 Å². The van der Waals surface area contributed by atoms with E-state index in [2.05, 4.69) is 25.9 Å². The molecule has 0 aliphatic carbocycles. The first-order valence-electron chi connectivity index (χ1n) is 7.65. The van der Waals surface area contributed by atoms with Crippen LogP contribution in [0.25, 0.3) is 16.3 Å². The number of carbonyl (C=O) groups is 2. The highest BCUT2D eigenvalue weighted by atomic mass is 32.1. The van der Waals surface area contributed by atoms with Gasteiger partial charge in [-0.3, -0.25) is 14.9 Å². The molecule has 1 aromatic heterocycles. The van der Waals surface area contributed by atoms with Gasteiger partial charge in [-0.15, -0.1) is 11.3 Å². The molecular weight excluding hydrogens is 326 g/mol. The van der Waals surface area contributed by atoms with Crippen molar-refractivity contribution in [2.75, 3.05) is 6.54 Å². The van der Waals surface area contributed by atoms with Gasteiger partial charge in [0.25, 0.3) is 5.91 Å². The molecule has 2 aliphatic rings. The van der Waals surface area contributed by atoms with Crippen molar-refractivity contribution in [1.82, 2.24) is 20.9 Å². The fraction of sp³-hybridized carbons (Fsp3) is 0.250. The predicted octanol–water partition coefficient (Wildman–Crippen LogP) is 0.991. The van der Waals surface area contributed by atoms with Crippen molar-refractivity contribution in [3.05, 3.63) is 35.0 Å². The summed E-state index contributed by atoms with van der Waals surface area (Å²) in [5.41, 5.74) is 4.02. The number of thiazole rings is 1. The van der Waals surface area contributed by atoms with E-state index in [9.17, 15) is 9.59 Å². The molecule has 0 spiro atoms. The molecule has 1 fully saturated rings. The molecule has 4 rings (SSSR count). The van der Waals surface area contributed by atoms with Crippen molar-refractivity contribution < 1.29 is 9.59 Å². The number of aromatic nitrogens is 1. The van der Waals surface area contributed by atoms with Crippen LogP contribution in [0.3, 0.4) is 0 Å². The van der Waals surface area contributed by atoms with Gasteiger partial charge in [-0.1, -0.05) is 6.07 Å². The molecule has 122 valence electrons. The van der Waals surface area contributed by atoms with Gasteiger partial charge in [-0.05, 0) is 30.2 Å². The predicted molar refractivity (Wildman–Crippen MR) is 92.3 cm³/mol. The molecule has 8 heteroatoms. The van der Waals surface area contributed by atoms with E-state index in [1.54, 1.807) is 22.9 Å². The Balaban J connectivity index is 1.51. The minimum absolute atomic E-state index is 0.0597. The van der Waals surface area contributed by atoms with E-state index in [1.807, 2.05) is 18.2 Å². The lowest BCUT2D eigenvalue weighted by atomic mass is 10.1. The standard InChI is InChI=1S/C16H15N5O2S/c22-14-4-2-10(7-17-14)19-16-20-12(15(23)21-16)5-9-1-3-11-13(6-9)24-8-18-11/h1,3,5-6,8,10H,2,4,7H2,(H,17,22)(H2,19,20,21,23)/b12-5-/t10-/m0/s1. The molecule has 2 aromatic rings. The zero-order valence-electron chi connectivity index (χ0n) is 12.7. The number of aliphatic imine (C=N–C) groups is 1. The van der Waals surface area contributed by atoms with Gasteiger partial charge in [-0.2, -0.15) is 0 Å². The molecule has 2 aliphatic heterocycles. The van der Waals surface area contributed by atoms with Crippen LogP contribution < -0.4 is 16.0 Å². The molecular formula is C16H15N5O2S. The number of fused-ring (bicyclic) bond motifs is 1. The van der Waals surface area contributed by atoms with Crippen molar-refractivity contribution in [2.24, 2.45) is 4.99 Å². The van der Waals surface area contributed by atoms with E-state index < -0.39 is 0 Å². The zero-order valence-corrected chi connectivity index (χ0v) is 13.5. The SMILES string of the molecule is O=C1CC[C@H](NC2=N/C(=C\c3ccc4ncsc4c3)C(=O)N2)CN1. The Morgan fingerprint density at radius 1 is 1.33 bits per heavy atom. The third-order valence-electron chi connectivity index (χ3n) is 3.96. The lowest BCUT2D eigenvalue weighted by molar-refractivity contribution is -0.122. The Hall–Kier alpha value is -2.74. The highest BCUT2D eigenvalue weighted by Gasteiger charge is 2.24. The van der Waals surface area contributed by atoms with Gasteiger partial charge in [0.2, 0.25) is 11.9 Å². The molecule has 2 amide bonds. The largest absolute Gasteiger partial charge is 0.354 e. The fourth-order valence-corrected chi connectivity index (χ4v) is 3.43. The molecule has 7 nitrogen and oxygen atoms in total. The first-order chi connectivity index (χ1) is 11.7. The Kier molecular flexibility index (Phi) is 3.73. The summed E-state index contributed by atoms with van der Waals surface area (Å²) in [4.78, 5) is 31.8. The summed E-state index contributed by atoms with van der Waals surface area (Å²) in [6.45, 7) is 0.537. The molecule has 0 bridgehead atoms. The molecule has 3 heterocycles. The second-order valence-electron chi connectivity index (χ2n) is 5.71. The van der Waals surface area contributed by atoms with Gasteiger partial charge in [0, 0.05) is 19.0 Å². The molecule has 0 saturated carbocycles. The summed E-state index contributed by atoms with van der Waals surface area (Å²) >= 11 is 1.56. The Morgan fingerprint density at radius 2 is 2.25 bits per heavy atom. The normalized spacial score (nSPS) is 22.4. The summed E-state index contributed by atoms with van der Waals surface area (Å²) in [5.74, 6) is 0.262. The number of nitrogens with one attached hydrogen (secondary N) is 3. The Morgan fingerprint density at radius 3 is 3.08 bits per heavy atom. The Labute approximate surface area is 141 Å². The van der Waals surface area contributed by atoms with Gasteiger partial charge < -0.3 is 10.6 Å². The van der Waals surface area contributed by atoms with E-state index in [-0.39, 0.29) is 17.9 Å². The molecule has 1 aromatic carbocycles. The van der Waals surface area contributed by atoms with Crippen molar-refractivity contribution >= 4 is 45.4 Å². The summed E-state index contributed by atoms with van der Waals surface area (Å²) < 4.78 is 1.07. The van der Waals surface area contributed by atoms with E-state index in [1.165, 1.54) is 0 Å². The number of hydrogen-bond acceptors (Lipinski definition) is 6. The number of rotatable bonds is 2. The van der Waals surface area contributed by atoms with Crippen molar-refractivity contribution in [3.63, 3.8) is 0 Å². The number of benzene rings is 1. The first-order valence-corrected chi connectivity index (χ1v) is 8.53. The summed E-state index contributed by atoms with van der Waals surface area (Å²) in [5, 5.41) is 8.68. The minimum Gasteiger partial charge on any atom is -0.354 e. The Bertz CT molecular complexity index is 875. The highest BCUT2D eigenvalue weighted by molar-refractivity contribution is 7.16. The monoisotopic (exact) mass is 341 g/mol. The first kappa shape index (κ1) is 14.8. The highest BCUT2D eigenvalue weighted by Crippen LogP contribution is 2.21. The van der Waals surface area contributed by atoms with E-state index in [4.69, 9.17) is 0 Å². The van der Waals surface area contributed by atoms with Crippen LogP contribution >= 0.6 is 11.3 Å². The van der Waals surface area contributed by atoms with Crippen LogP contribution in [0.4, 0.5) is 0 Å². The van der Waals surface area contributed by atoms with E-state index in [0.29, 0.717) is 24.6 Å². The lowest BCUT2D eigenvalue weighted by Crippen LogP contribution is -2.50. The summed E-state index contributed by atoms with van der Waals surface area (Å²) in [6, 6.07) is 5.92. The molecule has 3 N–H and O–H groups in total. The fourth-order valence-electron chi connectivity index (χ4n) is 2.71. The van der Waals surface area contributed by atoms with Crippen LogP contribution in [-0.2, 0) is 9.59 Å². The maximum atomic E-state index is 12.1. The molecule has 0 radical (unpaired) electrons. The minimum atomic E-state index is -0.234. The summed E-state index contributed by atoms with van der Waals surface area (Å²) in [6.07, 6.45) is 2.96. The van der Waals surface area contributed by atoms with Crippen LogP contribution in [0.15, 0.2) is 34.4 Å². The van der Waals surface area contributed by atoms with Crippen molar-refractivity contribution in [3.8, 4) is 0 Å². The van der Waals surface area contributed by atoms with E-state index >= 15 is 0 Å². The van der Waals surface area contributed by atoms with Gasteiger partial charge >= 0.3 is 0 Å². The number of piperidine rings is 1. The maximum Gasteiger partial charge on any atom is 0.276 e. The topological polar surface area (TPSA) is 95.5 Å². The molecule has 24 heavy (non-hydrogen) atoms. The van der Waals surface area contributed by atoms with Crippen LogP contribution in [0.5, 0.6) is 0 Å². The molecule has 0 unspecified atom stereocenters. The maximum absolute atomic E-state index is 12.1. The molecule has 1 atom stereocenters. The van der Waals surface area contributed by atoms with Crippen molar-refractivity contribution in [1.29, 1.82) is 0 Å². The van der Waals surface area contributed by atoms with E-state index in [0.717, 1.165) is 22.2 Å². The summed E-state index contributed by atoms with van der Waals surface area (Å²) in [7, 11) is 0. The van der Waals surface area contributed by atoms with Crippen molar-refractivity contribution in [2.45, 2.75) is 18.9 Å². The third-order valence-corrected chi connectivity index (χ3v) is 4.75. The molecule has 1 saturated heterocycles. The average molecular weight is 341 g/mol. The van der Waals surface area contributed by atoms with Crippen LogP contribution in [0.1, 0.15) is 18.4 Å². The number of amides is 2. The third kappa shape index (κ3) is 3.00.